The first kappa shape index (κ1) is 9.11. The number of hydrogen-bond donors (Lipinski definition) is 1. The lowest BCUT2D eigenvalue weighted by molar-refractivity contribution is 0.229. The van der Waals surface area contributed by atoms with Crippen molar-refractivity contribution in [2.24, 2.45) is 0 Å². The third-order valence-corrected chi connectivity index (χ3v) is 3.58. The SMILES string of the molecule is O=S(O)OC1CCS(=O)(=O)C1. The van der Waals surface area contributed by atoms with Gasteiger partial charge in [-0.1, -0.05) is 0 Å². The maximum Gasteiger partial charge on any atom is 0.302 e. The smallest absolute Gasteiger partial charge is 0.284 e. The van der Waals surface area contributed by atoms with Crippen LogP contribution in [0.15, 0.2) is 0 Å². The van der Waals surface area contributed by atoms with Crippen LogP contribution in [0.4, 0.5) is 0 Å². The van der Waals surface area contributed by atoms with Crippen LogP contribution in [0.3, 0.4) is 0 Å². The van der Waals surface area contributed by atoms with E-state index in [-0.39, 0.29) is 11.5 Å². The van der Waals surface area contributed by atoms with E-state index >= 15 is 0 Å². The summed E-state index contributed by atoms with van der Waals surface area (Å²) in [6.45, 7) is 0. The summed E-state index contributed by atoms with van der Waals surface area (Å²) in [6, 6.07) is 0. The van der Waals surface area contributed by atoms with Crippen molar-refractivity contribution in [1.82, 2.24) is 0 Å². The standard InChI is InChI=1S/C4H8O5S2/c5-10(6)9-4-1-2-11(7,8)3-4/h4H,1-3H2,(H,5,6). The molecule has 0 aliphatic carbocycles. The van der Waals surface area contributed by atoms with Gasteiger partial charge in [-0.15, -0.1) is 0 Å². The monoisotopic (exact) mass is 200 g/mol. The van der Waals surface area contributed by atoms with E-state index in [1.54, 1.807) is 0 Å². The molecule has 0 aromatic heterocycles. The molecule has 0 aromatic carbocycles. The van der Waals surface area contributed by atoms with Gasteiger partial charge in [0.05, 0.1) is 17.6 Å². The molecule has 5 nitrogen and oxygen atoms in total. The van der Waals surface area contributed by atoms with Gasteiger partial charge in [0.1, 0.15) is 0 Å². The molecule has 0 aromatic rings. The second kappa shape index (κ2) is 3.18. The molecule has 66 valence electrons. The fourth-order valence-corrected chi connectivity index (χ4v) is 3.03. The molecule has 0 amide bonds. The first-order chi connectivity index (χ1) is 4.99. The fourth-order valence-electron chi connectivity index (χ4n) is 0.953. The van der Waals surface area contributed by atoms with Crippen molar-refractivity contribution in [2.75, 3.05) is 11.5 Å². The Morgan fingerprint density at radius 1 is 1.55 bits per heavy atom. The molecule has 1 heterocycles. The Balaban J connectivity index is 2.49. The highest BCUT2D eigenvalue weighted by atomic mass is 32.2. The lowest BCUT2D eigenvalue weighted by Crippen LogP contribution is -2.15. The van der Waals surface area contributed by atoms with Gasteiger partial charge in [0, 0.05) is 0 Å². The maximum atomic E-state index is 10.8. The highest BCUT2D eigenvalue weighted by molar-refractivity contribution is 7.91. The van der Waals surface area contributed by atoms with Gasteiger partial charge in [0.25, 0.3) is 0 Å². The van der Waals surface area contributed by atoms with E-state index in [4.69, 9.17) is 4.55 Å². The van der Waals surface area contributed by atoms with Crippen LogP contribution in [-0.4, -0.2) is 34.8 Å². The van der Waals surface area contributed by atoms with Crippen molar-refractivity contribution >= 4 is 21.2 Å². The Bertz CT molecular complexity index is 256. The molecule has 0 bridgehead atoms. The Labute approximate surface area is 67.2 Å². The van der Waals surface area contributed by atoms with E-state index < -0.39 is 27.3 Å². The van der Waals surface area contributed by atoms with E-state index in [2.05, 4.69) is 4.18 Å². The van der Waals surface area contributed by atoms with Gasteiger partial charge >= 0.3 is 11.4 Å². The molecule has 0 spiro atoms. The van der Waals surface area contributed by atoms with E-state index in [1.807, 2.05) is 0 Å². The average Bonchev–Trinajstić information content (AvgIpc) is 2.08. The van der Waals surface area contributed by atoms with Crippen molar-refractivity contribution in [3.05, 3.63) is 0 Å². The van der Waals surface area contributed by atoms with Crippen molar-refractivity contribution in [1.29, 1.82) is 0 Å². The third-order valence-electron chi connectivity index (χ3n) is 1.41. The average molecular weight is 200 g/mol. The molecule has 1 aliphatic heterocycles. The fraction of sp³-hybridized carbons (Fsp3) is 1.00. The van der Waals surface area contributed by atoms with Gasteiger partial charge in [0.15, 0.2) is 9.84 Å². The second-order valence-electron chi connectivity index (χ2n) is 2.34. The normalized spacial score (nSPS) is 31.9. The van der Waals surface area contributed by atoms with Crippen LogP contribution >= 0.6 is 0 Å². The number of sulfone groups is 1. The summed E-state index contributed by atoms with van der Waals surface area (Å²) in [6.07, 6.45) is -0.292. The lowest BCUT2D eigenvalue weighted by atomic mass is 10.3. The molecule has 0 radical (unpaired) electrons. The summed E-state index contributed by atoms with van der Waals surface area (Å²) in [7, 11) is -3.01. The van der Waals surface area contributed by atoms with E-state index in [1.165, 1.54) is 0 Å². The van der Waals surface area contributed by atoms with Crippen LogP contribution in [0.25, 0.3) is 0 Å². The third kappa shape index (κ3) is 2.86. The first-order valence-corrected chi connectivity index (χ1v) is 5.83. The zero-order valence-corrected chi connectivity index (χ0v) is 7.23. The largest absolute Gasteiger partial charge is 0.302 e. The zero-order valence-electron chi connectivity index (χ0n) is 5.60. The van der Waals surface area contributed by atoms with Gasteiger partial charge in [-0.2, -0.15) is 4.21 Å². The minimum Gasteiger partial charge on any atom is -0.284 e. The Morgan fingerprint density at radius 3 is 2.55 bits per heavy atom. The highest BCUT2D eigenvalue weighted by Gasteiger charge is 2.29. The Kier molecular flexibility index (Phi) is 2.63. The van der Waals surface area contributed by atoms with Crippen molar-refractivity contribution in [2.45, 2.75) is 12.5 Å². The van der Waals surface area contributed by atoms with Crippen LogP contribution in [-0.2, 0) is 25.4 Å². The molecule has 7 heteroatoms. The summed E-state index contributed by atoms with van der Waals surface area (Å²) in [5.74, 6) is -0.0891. The molecule has 1 rings (SSSR count). The zero-order chi connectivity index (χ0) is 8.48. The Morgan fingerprint density at radius 2 is 2.18 bits per heavy atom. The predicted molar refractivity (Wildman–Crippen MR) is 38.9 cm³/mol. The minimum atomic E-state index is -3.01. The summed E-state index contributed by atoms with van der Waals surface area (Å²) in [4.78, 5) is 0. The summed E-state index contributed by atoms with van der Waals surface area (Å²) in [5.41, 5.74) is 0. The van der Waals surface area contributed by atoms with Crippen LogP contribution < -0.4 is 0 Å². The molecule has 1 N–H and O–H groups in total. The molecule has 2 atom stereocenters. The van der Waals surface area contributed by atoms with Crippen molar-refractivity contribution < 1.29 is 21.4 Å². The highest BCUT2D eigenvalue weighted by Crippen LogP contribution is 2.14. The van der Waals surface area contributed by atoms with E-state index in [0.717, 1.165) is 0 Å². The van der Waals surface area contributed by atoms with Crippen LogP contribution in [0.5, 0.6) is 0 Å². The predicted octanol–water partition coefficient (Wildman–Crippen LogP) is -0.673. The quantitative estimate of drug-likeness (QED) is 0.598. The summed E-state index contributed by atoms with van der Waals surface area (Å²) >= 11 is -2.35. The first-order valence-electron chi connectivity index (χ1n) is 2.98. The molecule has 1 aliphatic rings. The van der Waals surface area contributed by atoms with Crippen molar-refractivity contribution in [3.63, 3.8) is 0 Å². The maximum absolute atomic E-state index is 10.8. The number of rotatable bonds is 2. The van der Waals surface area contributed by atoms with Gasteiger partial charge in [0.2, 0.25) is 0 Å². The second-order valence-corrected chi connectivity index (χ2v) is 5.19. The van der Waals surface area contributed by atoms with Crippen LogP contribution in [0.2, 0.25) is 0 Å². The topological polar surface area (TPSA) is 80.7 Å². The van der Waals surface area contributed by atoms with Crippen LogP contribution in [0, 0.1) is 0 Å². The molecular formula is C4H8O5S2. The molecule has 0 saturated carbocycles. The molecule has 1 saturated heterocycles. The van der Waals surface area contributed by atoms with Gasteiger partial charge < -0.3 is 0 Å². The van der Waals surface area contributed by atoms with Gasteiger partial charge in [-0.05, 0) is 6.42 Å². The van der Waals surface area contributed by atoms with Gasteiger partial charge in [-0.25, -0.2) is 8.42 Å². The minimum absolute atomic E-state index is 0.0505. The van der Waals surface area contributed by atoms with E-state index in [9.17, 15) is 12.6 Å². The number of hydrogen-bond acceptors (Lipinski definition) is 4. The van der Waals surface area contributed by atoms with E-state index in [0.29, 0.717) is 6.42 Å². The molecular weight excluding hydrogens is 192 g/mol. The summed E-state index contributed by atoms with van der Waals surface area (Å²) < 4.78 is 44.2. The molecule has 11 heavy (non-hydrogen) atoms. The lowest BCUT2D eigenvalue weighted by Gasteiger charge is -2.02. The van der Waals surface area contributed by atoms with Crippen LogP contribution in [0.1, 0.15) is 6.42 Å². The van der Waals surface area contributed by atoms with Crippen molar-refractivity contribution in [3.8, 4) is 0 Å². The molecule has 1 fully saturated rings. The van der Waals surface area contributed by atoms with Gasteiger partial charge in [-0.3, -0.25) is 8.74 Å². The summed E-state index contributed by atoms with van der Waals surface area (Å²) in [5, 5.41) is 0. The molecule has 2 unspecified atom stereocenters. The Hall–Kier alpha value is 0.0200.